The van der Waals surface area contributed by atoms with E-state index >= 15 is 0 Å². The molecule has 14 heavy (non-hydrogen) atoms. The van der Waals surface area contributed by atoms with E-state index in [1.54, 1.807) is 0 Å². The number of fused-ring (bicyclic) bond motifs is 1. The number of hydrogen-bond donors (Lipinski definition) is 2. The summed E-state index contributed by atoms with van der Waals surface area (Å²) in [5, 5.41) is 14.0. The fourth-order valence-corrected chi connectivity index (χ4v) is 1.23. The number of benzene rings is 1. The van der Waals surface area contributed by atoms with Gasteiger partial charge in [-0.3, -0.25) is 10.1 Å². The number of rotatable bonds is 1. The molecule has 1 aromatic rings. The summed E-state index contributed by atoms with van der Waals surface area (Å²) in [5.41, 5.74) is -0.0412. The van der Waals surface area contributed by atoms with Crippen LogP contribution in [-0.2, 0) is 0 Å². The van der Waals surface area contributed by atoms with Crippen molar-refractivity contribution in [2.45, 2.75) is 6.17 Å². The van der Waals surface area contributed by atoms with Gasteiger partial charge in [-0.05, 0) is 6.07 Å². The average Bonchev–Trinajstić information content (AvgIpc) is 2.36. The fraction of sp³-hybridized carbons (Fsp3) is 0.143. The van der Waals surface area contributed by atoms with Crippen LogP contribution in [-0.4, -0.2) is 11.1 Å². The first-order chi connectivity index (χ1) is 6.48. The third kappa shape index (κ3) is 1.32. The maximum Gasteiger partial charge on any atom is 0.409 e. The zero-order chi connectivity index (χ0) is 10.3. The lowest BCUT2D eigenvalue weighted by Gasteiger charge is -2.08. The number of nitrogens with one attached hydrogen (secondary N) is 2. The van der Waals surface area contributed by atoms with Gasteiger partial charge in [-0.2, -0.15) is 8.78 Å². The molecule has 1 aliphatic rings. The molecule has 0 aromatic heterocycles. The SMILES string of the molecule is O=[N+]([O-])c1ccc2c(c1)NC(F)(F)N2. The van der Waals surface area contributed by atoms with Gasteiger partial charge < -0.3 is 10.6 Å². The molecular formula is C7H5F2N3O2. The summed E-state index contributed by atoms with van der Waals surface area (Å²) in [7, 11) is 0. The van der Waals surface area contributed by atoms with E-state index in [0.29, 0.717) is 0 Å². The molecule has 0 saturated carbocycles. The number of halogens is 2. The highest BCUT2D eigenvalue weighted by molar-refractivity contribution is 5.77. The highest BCUT2D eigenvalue weighted by Crippen LogP contribution is 2.37. The molecule has 74 valence electrons. The van der Waals surface area contributed by atoms with Crippen LogP contribution in [0.3, 0.4) is 0 Å². The van der Waals surface area contributed by atoms with E-state index in [1.807, 2.05) is 10.6 Å². The molecule has 0 fully saturated rings. The Labute approximate surface area is 76.9 Å². The number of alkyl halides is 2. The molecule has 0 aliphatic carbocycles. The first-order valence-electron chi connectivity index (χ1n) is 3.70. The smallest absolute Gasteiger partial charge is 0.306 e. The minimum Gasteiger partial charge on any atom is -0.306 e. The number of nitrogens with zero attached hydrogens (tertiary/aromatic N) is 1. The summed E-state index contributed by atoms with van der Waals surface area (Å²) in [6, 6.07) is 3.46. The van der Waals surface area contributed by atoms with Gasteiger partial charge in [0.25, 0.3) is 5.69 Å². The average molecular weight is 201 g/mol. The molecule has 0 amide bonds. The lowest BCUT2D eigenvalue weighted by Crippen LogP contribution is -2.30. The molecule has 1 aliphatic heterocycles. The summed E-state index contributed by atoms with van der Waals surface area (Å²) in [6.07, 6.45) is -3.24. The van der Waals surface area contributed by atoms with Gasteiger partial charge in [0.2, 0.25) is 0 Å². The molecule has 0 atom stereocenters. The molecule has 0 spiro atoms. The molecule has 1 aromatic carbocycles. The molecule has 0 bridgehead atoms. The summed E-state index contributed by atoms with van der Waals surface area (Å²) in [4.78, 5) is 9.69. The Morgan fingerprint density at radius 2 is 1.93 bits per heavy atom. The van der Waals surface area contributed by atoms with Crippen molar-refractivity contribution in [3.63, 3.8) is 0 Å². The van der Waals surface area contributed by atoms with Crippen LogP contribution in [0.25, 0.3) is 0 Å². The van der Waals surface area contributed by atoms with Gasteiger partial charge in [0, 0.05) is 12.1 Å². The van der Waals surface area contributed by atoms with Crippen molar-refractivity contribution in [1.29, 1.82) is 0 Å². The Kier molecular flexibility index (Phi) is 1.57. The number of nitro groups is 1. The second-order valence-corrected chi connectivity index (χ2v) is 2.81. The summed E-state index contributed by atoms with van der Waals surface area (Å²) in [6.45, 7) is 0. The van der Waals surface area contributed by atoms with Gasteiger partial charge in [0.15, 0.2) is 0 Å². The summed E-state index contributed by atoms with van der Waals surface area (Å²) in [5.74, 6) is 0. The lowest BCUT2D eigenvalue weighted by molar-refractivity contribution is -0.384. The molecule has 0 saturated heterocycles. The van der Waals surface area contributed by atoms with Crippen molar-refractivity contribution in [2.75, 3.05) is 10.6 Å². The van der Waals surface area contributed by atoms with Gasteiger partial charge >= 0.3 is 6.17 Å². The second-order valence-electron chi connectivity index (χ2n) is 2.81. The Morgan fingerprint density at radius 1 is 1.29 bits per heavy atom. The monoisotopic (exact) mass is 201 g/mol. The Bertz CT molecular complexity index is 408. The van der Waals surface area contributed by atoms with Gasteiger partial charge in [-0.15, -0.1) is 0 Å². The van der Waals surface area contributed by atoms with Gasteiger partial charge in [0.05, 0.1) is 16.3 Å². The van der Waals surface area contributed by atoms with Crippen LogP contribution in [0, 0.1) is 10.1 Å². The highest BCUT2D eigenvalue weighted by Gasteiger charge is 2.36. The molecule has 2 N–H and O–H groups in total. The standard InChI is InChI=1S/C7H5F2N3O2/c8-7(9)10-5-2-1-4(12(13)14)3-6(5)11-7/h1-3,10-11H. The van der Waals surface area contributed by atoms with Crippen molar-refractivity contribution in [3.05, 3.63) is 28.3 Å². The van der Waals surface area contributed by atoms with E-state index in [-0.39, 0.29) is 17.1 Å². The predicted molar refractivity (Wildman–Crippen MR) is 45.3 cm³/mol. The minimum absolute atomic E-state index is 0.0317. The predicted octanol–water partition coefficient (Wildman–Crippen LogP) is 1.98. The topological polar surface area (TPSA) is 67.2 Å². The molecule has 1 heterocycles. The van der Waals surface area contributed by atoms with E-state index in [0.717, 1.165) is 12.1 Å². The Morgan fingerprint density at radius 3 is 2.57 bits per heavy atom. The second kappa shape index (κ2) is 2.53. The zero-order valence-electron chi connectivity index (χ0n) is 6.75. The first-order valence-corrected chi connectivity index (χ1v) is 3.70. The Hall–Kier alpha value is -1.92. The van der Waals surface area contributed by atoms with Gasteiger partial charge in [-0.1, -0.05) is 0 Å². The molecule has 7 heteroatoms. The zero-order valence-corrected chi connectivity index (χ0v) is 6.75. The van der Waals surface area contributed by atoms with Crippen molar-refractivity contribution < 1.29 is 13.7 Å². The van der Waals surface area contributed by atoms with Crippen LogP contribution in [0.4, 0.5) is 25.8 Å². The number of non-ortho nitro benzene ring substituents is 1. The van der Waals surface area contributed by atoms with Crippen LogP contribution in [0.5, 0.6) is 0 Å². The van der Waals surface area contributed by atoms with E-state index in [4.69, 9.17) is 0 Å². The van der Waals surface area contributed by atoms with Crippen LogP contribution in [0.1, 0.15) is 0 Å². The number of hydrogen-bond acceptors (Lipinski definition) is 4. The van der Waals surface area contributed by atoms with Crippen molar-refractivity contribution in [2.24, 2.45) is 0 Å². The van der Waals surface area contributed by atoms with Crippen molar-refractivity contribution >= 4 is 17.1 Å². The normalized spacial score (nSPS) is 16.7. The third-order valence-corrected chi connectivity index (χ3v) is 1.80. The van der Waals surface area contributed by atoms with Crippen LogP contribution < -0.4 is 10.6 Å². The molecule has 2 rings (SSSR count). The van der Waals surface area contributed by atoms with E-state index in [9.17, 15) is 18.9 Å². The number of nitro benzene ring substituents is 1. The van der Waals surface area contributed by atoms with Gasteiger partial charge in [-0.25, -0.2) is 0 Å². The third-order valence-electron chi connectivity index (χ3n) is 1.80. The Balaban J connectivity index is 2.40. The maximum absolute atomic E-state index is 12.7. The van der Waals surface area contributed by atoms with E-state index < -0.39 is 11.1 Å². The quantitative estimate of drug-likeness (QED) is 0.414. The largest absolute Gasteiger partial charge is 0.409 e. The molecular weight excluding hydrogens is 196 g/mol. The minimum atomic E-state index is -3.24. The van der Waals surface area contributed by atoms with E-state index in [1.165, 1.54) is 6.07 Å². The summed E-state index contributed by atoms with van der Waals surface area (Å²) < 4.78 is 25.4. The van der Waals surface area contributed by atoms with Crippen LogP contribution in [0.2, 0.25) is 0 Å². The maximum atomic E-state index is 12.7. The number of anilines is 2. The fourth-order valence-electron chi connectivity index (χ4n) is 1.23. The summed E-state index contributed by atoms with van der Waals surface area (Å²) >= 11 is 0. The lowest BCUT2D eigenvalue weighted by atomic mass is 10.2. The van der Waals surface area contributed by atoms with Crippen molar-refractivity contribution in [3.8, 4) is 0 Å². The first kappa shape index (κ1) is 8.67. The van der Waals surface area contributed by atoms with Crippen LogP contribution in [0.15, 0.2) is 18.2 Å². The molecule has 0 unspecified atom stereocenters. The highest BCUT2D eigenvalue weighted by atomic mass is 19.3. The molecule has 5 nitrogen and oxygen atoms in total. The van der Waals surface area contributed by atoms with Crippen LogP contribution >= 0.6 is 0 Å². The van der Waals surface area contributed by atoms with E-state index in [2.05, 4.69) is 0 Å². The van der Waals surface area contributed by atoms with Gasteiger partial charge in [0.1, 0.15) is 0 Å². The molecule has 0 radical (unpaired) electrons. The van der Waals surface area contributed by atoms with Crippen molar-refractivity contribution in [1.82, 2.24) is 0 Å².